The Morgan fingerprint density at radius 1 is 0.684 bits per heavy atom. The molecule has 1 aromatic carbocycles. The van der Waals surface area contributed by atoms with Gasteiger partial charge in [-0.15, -0.1) is 0 Å². The van der Waals surface area contributed by atoms with Crippen molar-refractivity contribution >= 4 is 22.7 Å². The number of aliphatic hydroxyl groups is 2. The number of rotatable bonds is 20. The Kier molecular flexibility index (Phi) is 13.6. The third-order valence-electron chi connectivity index (χ3n) is 6.57. The van der Waals surface area contributed by atoms with Crippen LogP contribution >= 0.6 is 0 Å². The molecule has 0 amide bonds. The lowest BCUT2D eigenvalue weighted by Crippen LogP contribution is -2.22. The van der Waals surface area contributed by atoms with Gasteiger partial charge in [-0.25, -0.2) is 0 Å². The molecule has 0 atom stereocenters. The Morgan fingerprint density at radius 2 is 1.26 bits per heavy atom. The maximum absolute atomic E-state index is 13.6. The summed E-state index contributed by atoms with van der Waals surface area (Å²) >= 11 is 0. The summed E-state index contributed by atoms with van der Waals surface area (Å²) < 4.78 is 16.5. The lowest BCUT2D eigenvalue weighted by atomic mass is 9.76. The molecule has 210 valence electrons. The van der Waals surface area contributed by atoms with Gasteiger partial charge in [0.1, 0.15) is 0 Å². The third kappa shape index (κ3) is 8.78. The van der Waals surface area contributed by atoms with E-state index >= 15 is 0 Å². The fraction of sp³-hybridized carbons (Fsp3) is 0.567. The zero-order chi connectivity index (χ0) is 27.0. The topological polar surface area (TPSA) is 109 Å². The predicted octanol–water partition coefficient (Wildman–Crippen LogP) is 4.35. The van der Waals surface area contributed by atoms with Gasteiger partial charge in [-0.05, 0) is 68.2 Å². The average molecular weight is 529 g/mol. The first-order valence-electron chi connectivity index (χ1n) is 13.9. The molecule has 0 fully saturated rings. The normalized spacial score (nSPS) is 14.6. The predicted molar refractivity (Wildman–Crippen MR) is 152 cm³/mol. The molecule has 0 bridgehead atoms. The van der Waals surface area contributed by atoms with Crippen molar-refractivity contribution in [1.82, 2.24) is 0 Å². The highest BCUT2D eigenvalue weighted by molar-refractivity contribution is 6.25. The Morgan fingerprint density at radius 3 is 1.92 bits per heavy atom. The summed E-state index contributed by atoms with van der Waals surface area (Å²) in [5.41, 5.74) is 5.91. The van der Waals surface area contributed by atoms with Crippen LogP contribution in [0.4, 0.5) is 11.4 Å². The minimum Gasteiger partial charge on any atom is -0.396 e. The molecule has 0 heterocycles. The molecule has 0 aliphatic heterocycles. The van der Waals surface area contributed by atoms with Gasteiger partial charge in [0.25, 0.3) is 0 Å². The van der Waals surface area contributed by atoms with Gasteiger partial charge in [0, 0.05) is 62.0 Å². The van der Waals surface area contributed by atoms with Crippen molar-refractivity contribution in [1.29, 1.82) is 0 Å². The summed E-state index contributed by atoms with van der Waals surface area (Å²) in [6.45, 7) is 9.32. The van der Waals surface area contributed by atoms with Gasteiger partial charge in [-0.1, -0.05) is 18.7 Å². The largest absolute Gasteiger partial charge is 0.396 e. The maximum atomic E-state index is 13.6. The number of aliphatic hydroxyl groups excluding tert-OH is 2. The van der Waals surface area contributed by atoms with E-state index in [0.717, 1.165) is 78.6 Å². The van der Waals surface area contributed by atoms with E-state index in [-0.39, 0.29) is 19.0 Å². The molecule has 1 aromatic rings. The number of Topliss-reactive ketones (excluding diaryl/α,β-unsaturated/α-hetero) is 1. The summed E-state index contributed by atoms with van der Waals surface area (Å²) in [6.07, 6.45) is 10.4. The van der Waals surface area contributed by atoms with Crippen LogP contribution in [-0.4, -0.2) is 81.9 Å². The van der Waals surface area contributed by atoms with Crippen molar-refractivity contribution < 1.29 is 29.2 Å². The van der Waals surface area contributed by atoms with Crippen molar-refractivity contribution in [2.24, 2.45) is 0 Å². The second kappa shape index (κ2) is 17.2. The van der Waals surface area contributed by atoms with Gasteiger partial charge in [-0.3, -0.25) is 4.79 Å². The van der Waals surface area contributed by atoms with E-state index in [1.54, 1.807) is 0 Å². The number of unbranched alkanes of at least 4 members (excludes halogenated alkanes) is 2. The molecule has 0 radical (unpaired) electrons. The highest BCUT2D eigenvalue weighted by atomic mass is 16.5. The Hall–Kier alpha value is -2.49. The van der Waals surface area contributed by atoms with Crippen LogP contribution < -0.4 is 10.6 Å². The first-order chi connectivity index (χ1) is 18.7. The maximum Gasteiger partial charge on any atom is 0.196 e. The van der Waals surface area contributed by atoms with E-state index in [1.165, 1.54) is 0 Å². The molecule has 2 aliphatic carbocycles. The van der Waals surface area contributed by atoms with Gasteiger partial charge in [-0.2, -0.15) is 0 Å². The fourth-order valence-corrected chi connectivity index (χ4v) is 4.67. The average Bonchev–Trinajstić information content (AvgIpc) is 2.94. The smallest absolute Gasteiger partial charge is 0.196 e. The monoisotopic (exact) mass is 528 g/mol. The van der Waals surface area contributed by atoms with Crippen molar-refractivity contribution in [3.05, 3.63) is 53.1 Å². The number of allylic oxidation sites excluding steroid dienone is 5. The first-order valence-corrected chi connectivity index (χ1v) is 13.9. The van der Waals surface area contributed by atoms with Gasteiger partial charge >= 0.3 is 0 Å². The van der Waals surface area contributed by atoms with Crippen molar-refractivity contribution in [3.63, 3.8) is 0 Å². The van der Waals surface area contributed by atoms with Crippen LogP contribution in [0.5, 0.6) is 0 Å². The van der Waals surface area contributed by atoms with E-state index in [9.17, 15) is 4.79 Å². The van der Waals surface area contributed by atoms with Crippen molar-refractivity contribution in [2.75, 3.05) is 76.6 Å². The highest BCUT2D eigenvalue weighted by Gasteiger charge is 2.33. The zero-order valence-electron chi connectivity index (χ0n) is 22.6. The van der Waals surface area contributed by atoms with Crippen molar-refractivity contribution in [2.45, 2.75) is 44.9 Å². The summed E-state index contributed by atoms with van der Waals surface area (Å²) in [7, 11) is 0. The van der Waals surface area contributed by atoms with E-state index in [0.29, 0.717) is 58.3 Å². The Balaban J connectivity index is 1.59. The molecular weight excluding hydrogens is 484 g/mol. The molecule has 0 saturated carbocycles. The minimum absolute atomic E-state index is 0.0195. The van der Waals surface area contributed by atoms with Gasteiger partial charge in [0.05, 0.1) is 32.0 Å². The number of carbonyl (C=O) groups excluding carboxylic acids is 1. The number of hydrogen-bond acceptors (Lipinski definition) is 8. The Labute approximate surface area is 226 Å². The number of ketones is 1. The molecule has 3 rings (SSSR count). The van der Waals surface area contributed by atoms with Crippen LogP contribution in [0, 0.1) is 0 Å². The second-order valence-electron chi connectivity index (χ2n) is 9.44. The first kappa shape index (κ1) is 30.1. The molecule has 4 N–H and O–H groups in total. The Bertz CT molecular complexity index is 895. The number of fused-ring (bicyclic) bond motifs is 2. The molecule has 38 heavy (non-hydrogen) atoms. The van der Waals surface area contributed by atoms with Crippen LogP contribution in [0.3, 0.4) is 0 Å². The number of hydrogen-bond donors (Lipinski definition) is 4. The van der Waals surface area contributed by atoms with Gasteiger partial charge in [0.2, 0.25) is 0 Å². The summed E-state index contributed by atoms with van der Waals surface area (Å²) in [5, 5.41) is 24.5. The van der Waals surface area contributed by atoms with Crippen molar-refractivity contribution in [3.8, 4) is 0 Å². The number of benzene rings is 1. The standard InChI is InChI=1S/C30H44N2O6/c1-23-24-9-3-4-10-25(24)30(35)29-27(32-14-7-18-36-17-6-2-5-15-33)12-11-26(28(23)29)31-13-8-19-37-21-22-38-20-16-34/h9-12,31-34H,1-8,13-22H2. The molecule has 8 nitrogen and oxygen atoms in total. The van der Waals surface area contributed by atoms with Gasteiger partial charge in [0.15, 0.2) is 5.78 Å². The van der Waals surface area contributed by atoms with Gasteiger partial charge < -0.3 is 35.1 Å². The fourth-order valence-electron chi connectivity index (χ4n) is 4.67. The van der Waals surface area contributed by atoms with Crippen LogP contribution in [-0.2, 0) is 14.2 Å². The van der Waals surface area contributed by atoms with E-state index in [4.69, 9.17) is 24.4 Å². The molecule has 8 heteroatoms. The molecule has 0 spiro atoms. The lowest BCUT2D eigenvalue weighted by Gasteiger charge is -2.29. The third-order valence-corrected chi connectivity index (χ3v) is 6.57. The molecule has 0 unspecified atom stereocenters. The molecular formula is C30H44N2O6. The van der Waals surface area contributed by atoms with Crippen LogP contribution in [0.25, 0.3) is 5.57 Å². The molecule has 2 aliphatic rings. The number of nitrogens with one attached hydrogen (secondary N) is 2. The zero-order valence-corrected chi connectivity index (χ0v) is 22.6. The molecule has 0 saturated heterocycles. The van der Waals surface area contributed by atoms with Crippen LogP contribution in [0.15, 0.2) is 42.0 Å². The molecule has 0 aromatic heterocycles. The van der Waals surface area contributed by atoms with E-state index in [2.05, 4.69) is 23.3 Å². The highest BCUT2D eigenvalue weighted by Crippen LogP contribution is 2.45. The number of carbonyl (C=O) groups is 1. The van der Waals surface area contributed by atoms with E-state index in [1.807, 2.05) is 18.2 Å². The summed E-state index contributed by atoms with van der Waals surface area (Å²) in [5.74, 6) is 0.0517. The number of anilines is 2. The SMILES string of the molecule is C=C1C2=CCCC=C2C(=O)c2c(NCCCOCCCCCO)ccc(NCCCOCCOCCO)c21. The number of ether oxygens (including phenoxy) is 3. The quantitative estimate of drug-likeness (QED) is 0.185. The van der Waals surface area contributed by atoms with E-state index < -0.39 is 0 Å². The minimum atomic E-state index is 0.0195. The van der Waals surface area contributed by atoms with Crippen LogP contribution in [0.2, 0.25) is 0 Å². The second-order valence-corrected chi connectivity index (χ2v) is 9.44. The van der Waals surface area contributed by atoms with Crippen LogP contribution in [0.1, 0.15) is 60.9 Å². The lowest BCUT2D eigenvalue weighted by molar-refractivity contribution is 0.0331. The summed E-state index contributed by atoms with van der Waals surface area (Å²) in [6, 6.07) is 4.01. The summed E-state index contributed by atoms with van der Waals surface area (Å²) in [4.78, 5) is 13.6.